The first-order chi connectivity index (χ1) is 9.77. The minimum Gasteiger partial charge on any atom is -0.486 e. The molecule has 1 aliphatic heterocycles. The molecule has 3 heteroatoms. The van der Waals surface area contributed by atoms with Crippen LogP contribution in [0.2, 0.25) is 0 Å². The van der Waals surface area contributed by atoms with Crippen molar-refractivity contribution in [1.29, 1.82) is 0 Å². The highest BCUT2D eigenvalue weighted by Gasteiger charge is 2.32. The summed E-state index contributed by atoms with van der Waals surface area (Å²) in [5, 5.41) is 3.71. The van der Waals surface area contributed by atoms with Gasteiger partial charge in [0.1, 0.15) is 13.2 Å². The van der Waals surface area contributed by atoms with Crippen molar-refractivity contribution in [2.45, 2.75) is 51.0 Å². The van der Waals surface area contributed by atoms with Crippen molar-refractivity contribution in [3.8, 4) is 11.5 Å². The third-order valence-corrected chi connectivity index (χ3v) is 4.81. The van der Waals surface area contributed by atoms with Crippen molar-refractivity contribution in [3.63, 3.8) is 0 Å². The molecule has 0 bridgehead atoms. The molecule has 1 aliphatic carbocycles. The lowest BCUT2D eigenvalue weighted by Gasteiger charge is -2.34. The fourth-order valence-corrected chi connectivity index (χ4v) is 3.01. The van der Waals surface area contributed by atoms with E-state index in [1.54, 1.807) is 0 Å². The molecular weight excluding hydrogens is 250 g/mol. The second-order valence-corrected chi connectivity index (χ2v) is 6.00. The van der Waals surface area contributed by atoms with Gasteiger partial charge in [-0.05, 0) is 43.4 Å². The molecule has 3 nitrogen and oxygen atoms in total. The summed E-state index contributed by atoms with van der Waals surface area (Å²) in [5.74, 6) is 1.79. The Labute approximate surface area is 121 Å². The van der Waals surface area contributed by atoms with E-state index in [2.05, 4.69) is 37.4 Å². The fourth-order valence-electron chi connectivity index (χ4n) is 3.01. The predicted octanol–water partition coefficient (Wildman–Crippen LogP) is 3.27. The van der Waals surface area contributed by atoms with Gasteiger partial charge in [-0.1, -0.05) is 19.9 Å². The quantitative estimate of drug-likeness (QED) is 0.864. The van der Waals surface area contributed by atoms with Crippen LogP contribution in [0.15, 0.2) is 18.2 Å². The largest absolute Gasteiger partial charge is 0.486 e. The van der Waals surface area contributed by atoms with E-state index in [0.29, 0.717) is 13.2 Å². The lowest BCUT2D eigenvalue weighted by Crippen LogP contribution is -2.38. The molecule has 1 heterocycles. The smallest absolute Gasteiger partial charge is 0.161 e. The standard InChI is InChI=1S/C17H25NO2/c1-3-17(4-2,12-18-14-6-7-14)13-5-8-15-16(11-13)20-10-9-19-15/h5,8,11,14,18H,3-4,6-7,9-10,12H2,1-2H3. The molecule has 3 rings (SSSR count). The van der Waals surface area contributed by atoms with Crippen LogP contribution in [0.1, 0.15) is 45.1 Å². The van der Waals surface area contributed by atoms with Gasteiger partial charge in [0.15, 0.2) is 11.5 Å². The zero-order valence-corrected chi connectivity index (χ0v) is 12.6. The summed E-state index contributed by atoms with van der Waals surface area (Å²) >= 11 is 0. The topological polar surface area (TPSA) is 30.5 Å². The van der Waals surface area contributed by atoms with Gasteiger partial charge in [-0.25, -0.2) is 0 Å². The third-order valence-electron chi connectivity index (χ3n) is 4.81. The van der Waals surface area contributed by atoms with E-state index >= 15 is 0 Å². The predicted molar refractivity (Wildman–Crippen MR) is 80.7 cm³/mol. The van der Waals surface area contributed by atoms with Gasteiger partial charge in [-0.15, -0.1) is 0 Å². The summed E-state index contributed by atoms with van der Waals surface area (Å²) in [6.45, 7) is 6.94. The number of fused-ring (bicyclic) bond motifs is 1. The molecule has 1 saturated carbocycles. The molecule has 1 fully saturated rings. The van der Waals surface area contributed by atoms with E-state index in [0.717, 1.165) is 36.9 Å². The maximum Gasteiger partial charge on any atom is 0.161 e. The molecular formula is C17H25NO2. The number of hydrogen-bond donors (Lipinski definition) is 1. The van der Waals surface area contributed by atoms with E-state index in [4.69, 9.17) is 9.47 Å². The van der Waals surface area contributed by atoms with Crippen LogP contribution in [-0.4, -0.2) is 25.8 Å². The molecule has 0 saturated heterocycles. The van der Waals surface area contributed by atoms with E-state index in [1.807, 2.05) is 0 Å². The highest BCUT2D eigenvalue weighted by molar-refractivity contribution is 5.46. The Bertz CT molecular complexity index is 464. The molecule has 2 aliphatic rings. The second kappa shape index (κ2) is 5.65. The van der Waals surface area contributed by atoms with Gasteiger partial charge in [-0.3, -0.25) is 0 Å². The zero-order valence-electron chi connectivity index (χ0n) is 12.6. The van der Waals surface area contributed by atoms with Crippen LogP contribution in [0.5, 0.6) is 11.5 Å². The molecule has 1 aromatic rings. The number of hydrogen-bond acceptors (Lipinski definition) is 3. The number of ether oxygens (including phenoxy) is 2. The van der Waals surface area contributed by atoms with Crippen molar-refractivity contribution in [3.05, 3.63) is 23.8 Å². The molecule has 0 unspecified atom stereocenters. The summed E-state index contributed by atoms with van der Waals surface area (Å²) in [6.07, 6.45) is 4.96. The Hall–Kier alpha value is -1.22. The van der Waals surface area contributed by atoms with Gasteiger partial charge in [0.25, 0.3) is 0 Å². The van der Waals surface area contributed by atoms with Crippen LogP contribution in [0.4, 0.5) is 0 Å². The molecule has 1 aromatic carbocycles. The fraction of sp³-hybridized carbons (Fsp3) is 0.647. The first-order valence-electron chi connectivity index (χ1n) is 7.91. The Morgan fingerprint density at radius 3 is 2.45 bits per heavy atom. The van der Waals surface area contributed by atoms with E-state index in [-0.39, 0.29) is 5.41 Å². The lowest BCUT2D eigenvalue weighted by molar-refractivity contribution is 0.171. The summed E-state index contributed by atoms with van der Waals surface area (Å²) in [6, 6.07) is 7.23. The summed E-state index contributed by atoms with van der Waals surface area (Å²) in [5.41, 5.74) is 1.58. The minimum absolute atomic E-state index is 0.207. The maximum absolute atomic E-state index is 5.74. The van der Waals surface area contributed by atoms with Crippen molar-refractivity contribution >= 4 is 0 Å². The number of benzene rings is 1. The zero-order chi connectivity index (χ0) is 14.0. The Morgan fingerprint density at radius 1 is 1.10 bits per heavy atom. The Kier molecular flexibility index (Phi) is 3.88. The summed E-state index contributed by atoms with van der Waals surface area (Å²) < 4.78 is 11.4. The van der Waals surface area contributed by atoms with Crippen LogP contribution in [0, 0.1) is 0 Å². The normalized spacial score (nSPS) is 18.1. The van der Waals surface area contributed by atoms with Gasteiger partial charge in [-0.2, -0.15) is 0 Å². The van der Waals surface area contributed by atoms with E-state index < -0.39 is 0 Å². The molecule has 1 N–H and O–H groups in total. The van der Waals surface area contributed by atoms with Crippen molar-refractivity contribution in [2.75, 3.05) is 19.8 Å². The second-order valence-electron chi connectivity index (χ2n) is 6.00. The Morgan fingerprint density at radius 2 is 1.80 bits per heavy atom. The molecule has 0 radical (unpaired) electrons. The molecule has 0 atom stereocenters. The van der Waals surface area contributed by atoms with Gasteiger partial charge >= 0.3 is 0 Å². The molecule has 110 valence electrons. The third kappa shape index (κ3) is 2.64. The number of rotatable bonds is 6. The van der Waals surface area contributed by atoms with Crippen LogP contribution < -0.4 is 14.8 Å². The van der Waals surface area contributed by atoms with Crippen LogP contribution in [0.25, 0.3) is 0 Å². The lowest BCUT2D eigenvalue weighted by atomic mass is 9.75. The van der Waals surface area contributed by atoms with E-state index in [9.17, 15) is 0 Å². The summed E-state index contributed by atoms with van der Waals surface area (Å²) in [4.78, 5) is 0. The van der Waals surface area contributed by atoms with Crippen LogP contribution in [-0.2, 0) is 5.41 Å². The van der Waals surface area contributed by atoms with Crippen LogP contribution in [0.3, 0.4) is 0 Å². The molecule has 0 amide bonds. The van der Waals surface area contributed by atoms with E-state index in [1.165, 1.54) is 18.4 Å². The minimum atomic E-state index is 0.207. The average Bonchev–Trinajstić information content (AvgIpc) is 3.33. The highest BCUT2D eigenvalue weighted by Crippen LogP contribution is 2.38. The average molecular weight is 275 g/mol. The van der Waals surface area contributed by atoms with Gasteiger partial charge in [0.05, 0.1) is 0 Å². The monoisotopic (exact) mass is 275 g/mol. The van der Waals surface area contributed by atoms with Crippen molar-refractivity contribution in [1.82, 2.24) is 5.32 Å². The van der Waals surface area contributed by atoms with Crippen LogP contribution >= 0.6 is 0 Å². The first kappa shape index (κ1) is 13.7. The maximum atomic E-state index is 5.74. The highest BCUT2D eigenvalue weighted by atomic mass is 16.6. The van der Waals surface area contributed by atoms with Gasteiger partial charge < -0.3 is 14.8 Å². The molecule has 0 aromatic heterocycles. The molecule has 0 spiro atoms. The Balaban J connectivity index is 1.85. The molecule has 20 heavy (non-hydrogen) atoms. The first-order valence-corrected chi connectivity index (χ1v) is 7.91. The van der Waals surface area contributed by atoms with Gasteiger partial charge in [0.2, 0.25) is 0 Å². The summed E-state index contributed by atoms with van der Waals surface area (Å²) in [7, 11) is 0. The number of nitrogens with one attached hydrogen (secondary N) is 1. The van der Waals surface area contributed by atoms with Gasteiger partial charge in [0, 0.05) is 18.0 Å². The van der Waals surface area contributed by atoms with Crippen molar-refractivity contribution in [2.24, 2.45) is 0 Å². The SMILES string of the molecule is CCC(CC)(CNC1CC1)c1ccc2c(c1)OCCO2. The van der Waals surface area contributed by atoms with Crippen molar-refractivity contribution < 1.29 is 9.47 Å².